The summed E-state index contributed by atoms with van der Waals surface area (Å²) in [6.45, 7) is 0. The molecule has 0 aromatic heterocycles. The van der Waals surface area contributed by atoms with Crippen molar-refractivity contribution in [3.8, 4) is 5.75 Å². The fourth-order valence-electron chi connectivity index (χ4n) is 0.512. The van der Waals surface area contributed by atoms with Gasteiger partial charge in [0.1, 0.15) is 5.75 Å². The highest BCUT2D eigenvalue weighted by Gasteiger charge is 2.01. The highest BCUT2D eigenvalue weighted by molar-refractivity contribution is 14.1. The summed E-state index contributed by atoms with van der Waals surface area (Å²) < 4.78 is 1.79. The van der Waals surface area contributed by atoms with Crippen molar-refractivity contribution in [3.05, 3.63) is 24.3 Å². The van der Waals surface area contributed by atoms with Gasteiger partial charge in [0.25, 0.3) is 0 Å². The minimum Gasteiger partial charge on any atom is -0.507 e. The number of hydrogen-bond acceptors (Lipinski definition) is 1. The SMILES string of the molecule is Oc1cc(Cl)c(I)cc1I. The van der Waals surface area contributed by atoms with Crippen LogP contribution in [0.4, 0.5) is 0 Å². The molecule has 0 fully saturated rings. The maximum Gasteiger partial charge on any atom is 0.130 e. The van der Waals surface area contributed by atoms with Gasteiger partial charge >= 0.3 is 0 Å². The minimum atomic E-state index is 0.242. The van der Waals surface area contributed by atoms with Crippen LogP contribution in [0.5, 0.6) is 5.75 Å². The maximum atomic E-state index is 9.13. The lowest BCUT2D eigenvalue weighted by Gasteiger charge is -1.98. The second kappa shape index (κ2) is 3.44. The highest BCUT2D eigenvalue weighted by Crippen LogP contribution is 2.27. The molecule has 0 unspecified atom stereocenters. The molecule has 0 heterocycles. The van der Waals surface area contributed by atoms with Gasteiger partial charge in [-0.25, -0.2) is 0 Å². The van der Waals surface area contributed by atoms with Crippen molar-refractivity contribution in [3.63, 3.8) is 0 Å². The van der Waals surface area contributed by atoms with Gasteiger partial charge in [-0.05, 0) is 51.2 Å². The smallest absolute Gasteiger partial charge is 0.130 e. The van der Waals surface area contributed by atoms with Crippen LogP contribution >= 0.6 is 56.8 Å². The average molecular weight is 380 g/mol. The molecule has 0 amide bonds. The van der Waals surface area contributed by atoms with Crippen LogP contribution in [0.1, 0.15) is 0 Å². The number of aromatic hydroxyl groups is 1. The molecule has 1 N–H and O–H groups in total. The van der Waals surface area contributed by atoms with Crippen LogP contribution < -0.4 is 0 Å². The normalized spacial score (nSPS) is 9.90. The molecule has 0 aliphatic heterocycles. The molecular formula is C6H3ClI2O. The Morgan fingerprint density at radius 2 is 1.80 bits per heavy atom. The quantitative estimate of drug-likeness (QED) is 0.541. The molecule has 0 saturated carbocycles. The van der Waals surface area contributed by atoms with Gasteiger partial charge in [-0.3, -0.25) is 0 Å². The predicted octanol–water partition coefficient (Wildman–Crippen LogP) is 3.25. The zero-order chi connectivity index (χ0) is 7.72. The van der Waals surface area contributed by atoms with Crippen LogP contribution in [0.25, 0.3) is 0 Å². The van der Waals surface area contributed by atoms with E-state index in [9.17, 15) is 0 Å². The molecule has 1 aromatic carbocycles. The van der Waals surface area contributed by atoms with Crippen LogP contribution in [0, 0.1) is 7.14 Å². The fourth-order valence-corrected chi connectivity index (χ4v) is 2.20. The van der Waals surface area contributed by atoms with E-state index in [0.29, 0.717) is 5.02 Å². The molecule has 0 aliphatic carbocycles. The van der Waals surface area contributed by atoms with Gasteiger partial charge in [0.05, 0.1) is 8.59 Å². The van der Waals surface area contributed by atoms with E-state index in [4.69, 9.17) is 16.7 Å². The Morgan fingerprint density at radius 3 is 2.30 bits per heavy atom. The van der Waals surface area contributed by atoms with Gasteiger partial charge < -0.3 is 5.11 Å². The van der Waals surface area contributed by atoms with E-state index in [1.54, 1.807) is 6.07 Å². The number of hydrogen-bond donors (Lipinski definition) is 1. The summed E-state index contributed by atoms with van der Waals surface area (Å²) in [4.78, 5) is 0. The molecule has 0 atom stereocenters. The van der Waals surface area contributed by atoms with Crippen molar-refractivity contribution < 1.29 is 5.11 Å². The van der Waals surface area contributed by atoms with Gasteiger partial charge in [-0.2, -0.15) is 0 Å². The molecule has 54 valence electrons. The first-order valence-electron chi connectivity index (χ1n) is 2.45. The molecule has 0 aliphatic rings. The summed E-state index contributed by atoms with van der Waals surface area (Å²) in [5, 5.41) is 9.73. The van der Waals surface area contributed by atoms with Crippen LogP contribution in [0.2, 0.25) is 5.02 Å². The number of phenolic OH excluding ortho intramolecular Hbond substituents is 1. The summed E-state index contributed by atoms with van der Waals surface area (Å²) >= 11 is 9.89. The molecule has 1 nitrogen and oxygen atoms in total. The van der Waals surface area contributed by atoms with E-state index >= 15 is 0 Å². The summed E-state index contributed by atoms with van der Waals surface area (Å²) in [5.41, 5.74) is 0. The lowest BCUT2D eigenvalue weighted by molar-refractivity contribution is 0.471. The Morgan fingerprint density at radius 1 is 1.20 bits per heavy atom. The summed E-state index contributed by atoms with van der Waals surface area (Å²) in [6, 6.07) is 3.38. The lowest BCUT2D eigenvalue weighted by Crippen LogP contribution is -1.77. The van der Waals surface area contributed by atoms with Gasteiger partial charge in [-0.1, -0.05) is 11.6 Å². The van der Waals surface area contributed by atoms with E-state index in [0.717, 1.165) is 7.14 Å². The largest absolute Gasteiger partial charge is 0.507 e. The molecular weight excluding hydrogens is 377 g/mol. The summed E-state index contributed by atoms with van der Waals surface area (Å²) in [6.07, 6.45) is 0. The van der Waals surface area contributed by atoms with Crippen molar-refractivity contribution in [2.75, 3.05) is 0 Å². The minimum absolute atomic E-state index is 0.242. The van der Waals surface area contributed by atoms with E-state index in [1.807, 2.05) is 6.07 Å². The van der Waals surface area contributed by atoms with Gasteiger partial charge in [0.15, 0.2) is 0 Å². The average Bonchev–Trinajstić information content (AvgIpc) is 1.84. The van der Waals surface area contributed by atoms with Gasteiger partial charge in [-0.15, -0.1) is 0 Å². The predicted molar refractivity (Wildman–Crippen MR) is 58.6 cm³/mol. The lowest BCUT2D eigenvalue weighted by atomic mass is 10.3. The molecule has 1 aromatic rings. The second-order valence-corrected chi connectivity index (χ2v) is 4.45. The molecule has 10 heavy (non-hydrogen) atoms. The molecule has 0 spiro atoms. The zero-order valence-electron chi connectivity index (χ0n) is 4.74. The first-order chi connectivity index (χ1) is 4.61. The van der Waals surface area contributed by atoms with Crippen LogP contribution in [0.3, 0.4) is 0 Å². The van der Waals surface area contributed by atoms with Gasteiger partial charge in [0.2, 0.25) is 0 Å². The van der Waals surface area contributed by atoms with Crippen LogP contribution in [-0.2, 0) is 0 Å². The topological polar surface area (TPSA) is 20.2 Å². The monoisotopic (exact) mass is 380 g/mol. The maximum absolute atomic E-state index is 9.13. The van der Waals surface area contributed by atoms with Crippen molar-refractivity contribution in [2.45, 2.75) is 0 Å². The molecule has 1 rings (SSSR count). The third kappa shape index (κ3) is 1.88. The first-order valence-corrected chi connectivity index (χ1v) is 4.98. The zero-order valence-corrected chi connectivity index (χ0v) is 9.81. The molecule has 4 heteroatoms. The number of benzene rings is 1. The first kappa shape index (κ1) is 8.86. The Bertz CT molecular complexity index is 212. The van der Waals surface area contributed by atoms with Crippen molar-refractivity contribution in [2.24, 2.45) is 0 Å². The Kier molecular flexibility index (Phi) is 3.05. The van der Waals surface area contributed by atoms with E-state index in [1.165, 1.54) is 0 Å². The Hall–Kier alpha value is 0.770. The van der Waals surface area contributed by atoms with E-state index < -0.39 is 0 Å². The number of phenols is 1. The van der Waals surface area contributed by atoms with E-state index in [-0.39, 0.29) is 5.75 Å². The summed E-state index contributed by atoms with van der Waals surface area (Å²) in [5.74, 6) is 0.242. The molecule has 0 radical (unpaired) electrons. The number of rotatable bonds is 0. The highest BCUT2D eigenvalue weighted by atomic mass is 127. The second-order valence-electron chi connectivity index (χ2n) is 1.72. The van der Waals surface area contributed by atoms with Crippen molar-refractivity contribution >= 4 is 56.8 Å². The fraction of sp³-hybridized carbons (Fsp3) is 0. The third-order valence-electron chi connectivity index (χ3n) is 0.990. The van der Waals surface area contributed by atoms with Crippen molar-refractivity contribution in [1.82, 2.24) is 0 Å². The van der Waals surface area contributed by atoms with Crippen LogP contribution in [0.15, 0.2) is 12.1 Å². The molecule has 0 bridgehead atoms. The summed E-state index contributed by atoms with van der Waals surface area (Å²) in [7, 11) is 0. The number of halogens is 3. The Labute approximate surface area is 91.1 Å². The van der Waals surface area contributed by atoms with Crippen LogP contribution in [-0.4, -0.2) is 5.11 Å². The third-order valence-corrected chi connectivity index (χ3v) is 3.38. The van der Waals surface area contributed by atoms with E-state index in [2.05, 4.69) is 45.2 Å². The molecule has 0 saturated heterocycles. The standard InChI is InChI=1S/C6H3ClI2O/c7-3-1-6(10)5(9)2-4(3)8/h1-2,10H. The van der Waals surface area contributed by atoms with Gasteiger partial charge in [0, 0.05) is 9.64 Å². The van der Waals surface area contributed by atoms with Crippen molar-refractivity contribution in [1.29, 1.82) is 0 Å². The Balaban J connectivity index is 3.28.